The highest BCUT2D eigenvalue weighted by atomic mass is 35.5. The fourth-order valence-electron chi connectivity index (χ4n) is 0.946. The van der Waals surface area contributed by atoms with Crippen LogP contribution in [0.1, 0.15) is 11.1 Å². The molecular formula is C11H11ClF3NSi. The fourth-order valence-corrected chi connectivity index (χ4v) is 1.61. The summed E-state index contributed by atoms with van der Waals surface area (Å²) in [4.78, 5) is 3.50. The van der Waals surface area contributed by atoms with Gasteiger partial charge in [0.1, 0.15) is 13.2 Å². The Morgan fingerprint density at radius 2 is 1.88 bits per heavy atom. The predicted octanol–water partition coefficient (Wildman–Crippen LogP) is 3.98. The molecule has 1 heterocycles. The monoisotopic (exact) mass is 277 g/mol. The van der Waals surface area contributed by atoms with Crippen LogP contribution >= 0.6 is 11.6 Å². The number of hydrogen-bond acceptors (Lipinski definition) is 1. The van der Waals surface area contributed by atoms with Crippen LogP contribution < -0.4 is 0 Å². The predicted molar refractivity (Wildman–Crippen MR) is 64.5 cm³/mol. The van der Waals surface area contributed by atoms with Gasteiger partial charge in [-0.15, -0.1) is 5.54 Å². The Balaban J connectivity index is 3.20. The molecule has 1 aromatic heterocycles. The van der Waals surface area contributed by atoms with Gasteiger partial charge < -0.3 is 0 Å². The average Bonchev–Trinajstić information content (AvgIpc) is 2.13. The summed E-state index contributed by atoms with van der Waals surface area (Å²) in [6.07, 6.45) is -3.71. The Morgan fingerprint density at radius 3 is 2.35 bits per heavy atom. The van der Waals surface area contributed by atoms with Crippen molar-refractivity contribution < 1.29 is 13.2 Å². The van der Waals surface area contributed by atoms with E-state index in [0.29, 0.717) is 6.20 Å². The minimum atomic E-state index is -4.42. The van der Waals surface area contributed by atoms with Crippen LogP contribution in [-0.2, 0) is 6.18 Å². The van der Waals surface area contributed by atoms with E-state index in [9.17, 15) is 13.2 Å². The summed E-state index contributed by atoms with van der Waals surface area (Å²) < 4.78 is 37.4. The van der Waals surface area contributed by atoms with Crippen molar-refractivity contribution in [3.63, 3.8) is 0 Å². The molecule has 17 heavy (non-hydrogen) atoms. The quantitative estimate of drug-likeness (QED) is 0.397. The largest absolute Gasteiger partial charge is 0.417 e. The van der Waals surface area contributed by atoms with E-state index in [-0.39, 0.29) is 10.7 Å². The number of nitrogens with zero attached hydrogens (tertiary/aromatic N) is 1. The Hall–Kier alpha value is -0.993. The second kappa shape index (κ2) is 4.71. The first-order valence-corrected chi connectivity index (χ1v) is 8.73. The molecule has 1 aromatic rings. The van der Waals surface area contributed by atoms with Gasteiger partial charge in [0.05, 0.1) is 11.1 Å². The zero-order valence-corrected chi connectivity index (χ0v) is 11.4. The van der Waals surface area contributed by atoms with Crippen LogP contribution in [0.4, 0.5) is 13.2 Å². The molecule has 0 unspecified atom stereocenters. The zero-order valence-electron chi connectivity index (χ0n) is 9.61. The molecule has 0 aliphatic carbocycles. The zero-order chi connectivity index (χ0) is 13.3. The van der Waals surface area contributed by atoms with Gasteiger partial charge in [-0.25, -0.2) is 4.98 Å². The highest BCUT2D eigenvalue weighted by molar-refractivity contribution is 6.83. The first-order chi connectivity index (χ1) is 7.59. The summed E-state index contributed by atoms with van der Waals surface area (Å²) in [5.41, 5.74) is 2.25. The lowest BCUT2D eigenvalue weighted by atomic mass is 10.2. The van der Waals surface area contributed by atoms with Crippen LogP contribution in [0.15, 0.2) is 12.3 Å². The molecule has 0 radical (unpaired) electrons. The van der Waals surface area contributed by atoms with E-state index < -0.39 is 19.8 Å². The lowest BCUT2D eigenvalue weighted by Crippen LogP contribution is -2.16. The smallest absolute Gasteiger partial charge is 0.243 e. The van der Waals surface area contributed by atoms with Gasteiger partial charge >= 0.3 is 6.18 Å². The van der Waals surface area contributed by atoms with Crippen molar-refractivity contribution in [3.8, 4) is 11.5 Å². The molecule has 0 atom stereocenters. The molecule has 0 fully saturated rings. The molecular weight excluding hydrogens is 267 g/mol. The van der Waals surface area contributed by atoms with Gasteiger partial charge in [-0.3, -0.25) is 0 Å². The molecule has 0 aromatic carbocycles. The number of alkyl halides is 3. The van der Waals surface area contributed by atoms with E-state index in [1.807, 2.05) is 19.6 Å². The molecule has 0 amide bonds. The highest BCUT2D eigenvalue weighted by Gasteiger charge is 2.31. The van der Waals surface area contributed by atoms with Crippen molar-refractivity contribution in [3.05, 3.63) is 28.5 Å². The van der Waals surface area contributed by atoms with Gasteiger partial charge in [-0.05, 0) is 6.07 Å². The summed E-state index contributed by atoms with van der Waals surface area (Å²) in [5.74, 6) is 2.68. The molecule has 0 bridgehead atoms. The SMILES string of the molecule is C[Si](C)(C)C#Cc1cc(C(F)(F)F)cnc1Cl. The van der Waals surface area contributed by atoms with E-state index in [1.165, 1.54) is 0 Å². The van der Waals surface area contributed by atoms with Gasteiger partial charge in [-0.1, -0.05) is 37.2 Å². The molecule has 92 valence electrons. The number of hydrogen-bond donors (Lipinski definition) is 0. The van der Waals surface area contributed by atoms with Crippen molar-refractivity contribution in [2.45, 2.75) is 25.8 Å². The minimum Gasteiger partial charge on any atom is -0.243 e. The van der Waals surface area contributed by atoms with E-state index in [2.05, 4.69) is 16.4 Å². The first-order valence-electron chi connectivity index (χ1n) is 4.85. The number of halogens is 4. The second-order valence-electron chi connectivity index (χ2n) is 4.56. The summed E-state index contributed by atoms with van der Waals surface area (Å²) in [6.45, 7) is 5.98. The van der Waals surface area contributed by atoms with E-state index >= 15 is 0 Å². The molecule has 0 aliphatic rings. The van der Waals surface area contributed by atoms with Gasteiger partial charge in [0.25, 0.3) is 0 Å². The van der Waals surface area contributed by atoms with E-state index in [4.69, 9.17) is 11.6 Å². The average molecular weight is 278 g/mol. The number of aromatic nitrogens is 1. The Morgan fingerprint density at radius 1 is 1.29 bits per heavy atom. The maximum Gasteiger partial charge on any atom is 0.417 e. The summed E-state index contributed by atoms with van der Waals surface area (Å²) in [5, 5.41) is 0.00347. The molecule has 0 spiro atoms. The van der Waals surface area contributed by atoms with Crippen LogP contribution in [0.3, 0.4) is 0 Å². The van der Waals surface area contributed by atoms with Crippen molar-refractivity contribution in [1.82, 2.24) is 4.98 Å². The maximum absolute atomic E-state index is 12.5. The molecule has 1 rings (SSSR count). The van der Waals surface area contributed by atoms with Gasteiger partial charge in [0, 0.05) is 6.20 Å². The van der Waals surface area contributed by atoms with E-state index in [0.717, 1.165) is 6.07 Å². The highest BCUT2D eigenvalue weighted by Crippen LogP contribution is 2.30. The molecule has 0 saturated heterocycles. The third-order valence-corrected chi connectivity index (χ3v) is 2.91. The Kier molecular flexibility index (Phi) is 3.90. The minimum absolute atomic E-state index is 0.00347. The van der Waals surface area contributed by atoms with Crippen molar-refractivity contribution in [2.75, 3.05) is 0 Å². The molecule has 0 N–H and O–H groups in total. The van der Waals surface area contributed by atoms with Crippen molar-refractivity contribution in [1.29, 1.82) is 0 Å². The number of pyridine rings is 1. The first kappa shape index (κ1) is 14.1. The van der Waals surface area contributed by atoms with Crippen LogP contribution in [0.5, 0.6) is 0 Å². The third-order valence-electron chi connectivity index (χ3n) is 1.74. The molecule has 6 heteroatoms. The van der Waals surface area contributed by atoms with Gasteiger partial charge in [-0.2, -0.15) is 13.2 Å². The van der Waals surface area contributed by atoms with Crippen LogP contribution in [0.2, 0.25) is 24.8 Å². The van der Waals surface area contributed by atoms with E-state index in [1.54, 1.807) is 0 Å². The summed E-state index contributed by atoms with van der Waals surface area (Å²) >= 11 is 5.71. The standard InChI is InChI=1S/C11H11ClF3NSi/c1-17(2,3)5-4-8-6-9(11(13,14)15)7-16-10(8)12/h6-7H,1-3H3. The van der Waals surface area contributed by atoms with Crippen molar-refractivity contribution >= 4 is 19.7 Å². The summed E-state index contributed by atoms with van der Waals surface area (Å²) in [7, 11) is -1.65. The normalized spacial score (nSPS) is 11.9. The molecule has 0 saturated carbocycles. The topological polar surface area (TPSA) is 12.9 Å². The van der Waals surface area contributed by atoms with Gasteiger partial charge in [0.15, 0.2) is 0 Å². The molecule has 1 nitrogen and oxygen atoms in total. The van der Waals surface area contributed by atoms with Crippen LogP contribution in [0.25, 0.3) is 0 Å². The maximum atomic E-state index is 12.5. The van der Waals surface area contributed by atoms with Crippen LogP contribution in [0, 0.1) is 11.5 Å². The fraction of sp³-hybridized carbons (Fsp3) is 0.364. The number of rotatable bonds is 0. The molecule has 0 aliphatic heterocycles. The Bertz CT molecular complexity index is 480. The Labute approximate surface area is 104 Å². The second-order valence-corrected chi connectivity index (χ2v) is 9.67. The third kappa shape index (κ3) is 4.41. The summed E-state index contributed by atoms with van der Waals surface area (Å²) in [6, 6.07) is 0.933. The lowest BCUT2D eigenvalue weighted by Gasteiger charge is -2.07. The van der Waals surface area contributed by atoms with Gasteiger partial charge in [0.2, 0.25) is 0 Å². The van der Waals surface area contributed by atoms with Crippen molar-refractivity contribution in [2.24, 2.45) is 0 Å². The lowest BCUT2D eigenvalue weighted by molar-refractivity contribution is -0.137. The van der Waals surface area contributed by atoms with Crippen LogP contribution in [-0.4, -0.2) is 13.1 Å².